The van der Waals surface area contributed by atoms with E-state index in [4.69, 9.17) is 4.74 Å². The first kappa shape index (κ1) is 14.2. The van der Waals surface area contributed by atoms with Crippen molar-refractivity contribution < 1.29 is 23.8 Å². The average Bonchev–Trinajstić information content (AvgIpc) is 2.35. The van der Waals surface area contributed by atoms with Gasteiger partial charge in [-0.1, -0.05) is 0 Å². The molecular weight excluding hydrogens is 241 g/mol. The van der Waals surface area contributed by atoms with Gasteiger partial charge in [-0.25, -0.2) is 9.18 Å². The predicted molar refractivity (Wildman–Crippen MR) is 64.1 cm³/mol. The largest absolute Gasteiger partial charge is 0.494 e. The maximum Gasteiger partial charge on any atom is 0.339 e. The molecule has 1 aromatic rings. The molecule has 0 radical (unpaired) electrons. The molecule has 0 saturated heterocycles. The SMILES string of the molecule is COC(=O)C(C)(O)CNc1ccc(OC)c(F)c1. The molecule has 0 aliphatic rings. The third-order valence-corrected chi connectivity index (χ3v) is 2.41. The highest BCUT2D eigenvalue weighted by atomic mass is 19.1. The molecular formula is C12H16FNO4. The summed E-state index contributed by atoms with van der Waals surface area (Å²) in [4.78, 5) is 11.2. The van der Waals surface area contributed by atoms with Crippen LogP contribution in [0.25, 0.3) is 0 Å². The molecule has 18 heavy (non-hydrogen) atoms. The Morgan fingerprint density at radius 1 is 1.50 bits per heavy atom. The number of carbonyl (C=O) groups is 1. The van der Waals surface area contributed by atoms with Gasteiger partial charge in [0.25, 0.3) is 0 Å². The van der Waals surface area contributed by atoms with E-state index in [1.54, 1.807) is 6.07 Å². The van der Waals surface area contributed by atoms with E-state index < -0.39 is 17.4 Å². The normalized spacial score (nSPS) is 13.6. The van der Waals surface area contributed by atoms with E-state index >= 15 is 0 Å². The number of aliphatic hydroxyl groups is 1. The minimum absolute atomic E-state index is 0.0918. The minimum Gasteiger partial charge on any atom is -0.494 e. The molecule has 0 aromatic heterocycles. The zero-order valence-corrected chi connectivity index (χ0v) is 10.5. The second-order valence-corrected chi connectivity index (χ2v) is 3.97. The molecule has 0 saturated carbocycles. The molecule has 1 unspecified atom stereocenters. The lowest BCUT2D eigenvalue weighted by Gasteiger charge is -2.21. The van der Waals surface area contributed by atoms with Crippen LogP contribution in [0.2, 0.25) is 0 Å². The molecule has 0 fully saturated rings. The molecule has 1 aromatic carbocycles. The van der Waals surface area contributed by atoms with Gasteiger partial charge in [0.1, 0.15) is 0 Å². The average molecular weight is 257 g/mol. The van der Waals surface area contributed by atoms with Gasteiger partial charge < -0.3 is 19.9 Å². The highest BCUT2D eigenvalue weighted by Crippen LogP contribution is 2.21. The topological polar surface area (TPSA) is 67.8 Å². The van der Waals surface area contributed by atoms with Crippen LogP contribution in [-0.4, -0.2) is 37.4 Å². The Morgan fingerprint density at radius 2 is 2.17 bits per heavy atom. The van der Waals surface area contributed by atoms with Crippen molar-refractivity contribution in [3.05, 3.63) is 24.0 Å². The number of anilines is 1. The number of esters is 1. The van der Waals surface area contributed by atoms with Gasteiger partial charge in [0, 0.05) is 11.8 Å². The molecule has 100 valence electrons. The summed E-state index contributed by atoms with van der Waals surface area (Å²) in [5.74, 6) is -1.16. The van der Waals surface area contributed by atoms with Crippen LogP contribution in [0.15, 0.2) is 18.2 Å². The van der Waals surface area contributed by atoms with Gasteiger partial charge in [-0.3, -0.25) is 0 Å². The number of carbonyl (C=O) groups excluding carboxylic acids is 1. The molecule has 0 aliphatic heterocycles. The van der Waals surface area contributed by atoms with Gasteiger partial charge in [0.05, 0.1) is 20.8 Å². The van der Waals surface area contributed by atoms with Crippen LogP contribution in [0.1, 0.15) is 6.92 Å². The number of halogens is 1. The zero-order chi connectivity index (χ0) is 13.8. The summed E-state index contributed by atoms with van der Waals surface area (Å²) < 4.78 is 22.6. The summed E-state index contributed by atoms with van der Waals surface area (Å²) in [6.45, 7) is 1.22. The lowest BCUT2D eigenvalue weighted by atomic mass is 10.1. The molecule has 0 heterocycles. The first-order chi connectivity index (χ1) is 8.40. The molecule has 5 nitrogen and oxygen atoms in total. The van der Waals surface area contributed by atoms with E-state index in [2.05, 4.69) is 10.1 Å². The third-order valence-electron chi connectivity index (χ3n) is 2.41. The van der Waals surface area contributed by atoms with Crippen LogP contribution in [0.4, 0.5) is 10.1 Å². The summed E-state index contributed by atoms with van der Waals surface area (Å²) in [7, 11) is 2.55. The van der Waals surface area contributed by atoms with Crippen molar-refractivity contribution in [2.24, 2.45) is 0 Å². The summed E-state index contributed by atoms with van der Waals surface area (Å²) in [6.07, 6.45) is 0. The fourth-order valence-electron chi connectivity index (χ4n) is 1.34. The molecule has 2 N–H and O–H groups in total. The van der Waals surface area contributed by atoms with E-state index in [0.717, 1.165) is 0 Å². The number of ether oxygens (including phenoxy) is 2. The van der Waals surface area contributed by atoms with Gasteiger partial charge in [-0.15, -0.1) is 0 Å². The highest BCUT2D eigenvalue weighted by Gasteiger charge is 2.31. The number of nitrogens with one attached hydrogen (secondary N) is 1. The van der Waals surface area contributed by atoms with Crippen molar-refractivity contribution in [1.82, 2.24) is 0 Å². The van der Waals surface area contributed by atoms with Crippen molar-refractivity contribution in [3.8, 4) is 5.75 Å². The van der Waals surface area contributed by atoms with Crippen LogP contribution in [0.3, 0.4) is 0 Å². The standard InChI is InChI=1S/C12H16FNO4/c1-12(16,11(15)18-3)7-14-8-4-5-10(17-2)9(13)6-8/h4-6,14,16H,7H2,1-3H3. The quantitative estimate of drug-likeness (QED) is 0.775. The molecule has 0 aliphatic carbocycles. The first-order valence-electron chi connectivity index (χ1n) is 5.29. The Kier molecular flexibility index (Phi) is 4.49. The number of rotatable bonds is 5. The first-order valence-corrected chi connectivity index (χ1v) is 5.29. The van der Waals surface area contributed by atoms with Crippen LogP contribution in [0.5, 0.6) is 5.75 Å². The minimum atomic E-state index is -1.68. The molecule has 0 spiro atoms. The molecule has 0 bridgehead atoms. The van der Waals surface area contributed by atoms with E-state index in [0.29, 0.717) is 5.69 Å². The number of hydrogen-bond acceptors (Lipinski definition) is 5. The van der Waals surface area contributed by atoms with E-state index in [1.165, 1.54) is 33.3 Å². The van der Waals surface area contributed by atoms with Crippen molar-refractivity contribution >= 4 is 11.7 Å². The van der Waals surface area contributed by atoms with Crippen LogP contribution >= 0.6 is 0 Å². The summed E-state index contributed by atoms with van der Waals surface area (Å²) in [5, 5.41) is 12.5. The monoisotopic (exact) mass is 257 g/mol. The fourth-order valence-corrected chi connectivity index (χ4v) is 1.34. The zero-order valence-electron chi connectivity index (χ0n) is 10.5. The lowest BCUT2D eigenvalue weighted by molar-refractivity contribution is -0.158. The van der Waals surface area contributed by atoms with Crippen LogP contribution < -0.4 is 10.1 Å². The molecule has 0 amide bonds. The fraction of sp³-hybridized carbons (Fsp3) is 0.417. The van der Waals surface area contributed by atoms with Crippen molar-refractivity contribution in [2.75, 3.05) is 26.1 Å². The van der Waals surface area contributed by atoms with Gasteiger partial charge in [0.2, 0.25) is 0 Å². The molecule has 6 heteroatoms. The second-order valence-electron chi connectivity index (χ2n) is 3.97. The van der Waals surface area contributed by atoms with Crippen molar-refractivity contribution in [2.45, 2.75) is 12.5 Å². The van der Waals surface area contributed by atoms with Gasteiger partial charge in [-0.2, -0.15) is 0 Å². The molecule has 1 rings (SSSR count). The Balaban J connectivity index is 2.69. The number of benzene rings is 1. The Labute approximate surface area is 105 Å². The van der Waals surface area contributed by atoms with Gasteiger partial charge >= 0.3 is 5.97 Å². The summed E-state index contributed by atoms with van der Waals surface area (Å²) in [6, 6.07) is 4.24. The Hall–Kier alpha value is -1.82. The summed E-state index contributed by atoms with van der Waals surface area (Å²) >= 11 is 0. The van der Waals surface area contributed by atoms with E-state index in [1.807, 2.05) is 0 Å². The Morgan fingerprint density at radius 3 is 2.67 bits per heavy atom. The van der Waals surface area contributed by atoms with Crippen molar-refractivity contribution in [3.63, 3.8) is 0 Å². The molecule has 1 atom stereocenters. The Bertz CT molecular complexity index is 434. The number of hydrogen-bond donors (Lipinski definition) is 2. The maximum atomic E-state index is 13.4. The second kappa shape index (κ2) is 5.68. The third kappa shape index (κ3) is 3.33. The van der Waals surface area contributed by atoms with Crippen LogP contribution in [0, 0.1) is 5.82 Å². The number of methoxy groups -OCH3 is 2. The maximum absolute atomic E-state index is 13.4. The van der Waals surface area contributed by atoms with Gasteiger partial charge in [0.15, 0.2) is 17.2 Å². The van der Waals surface area contributed by atoms with Crippen LogP contribution in [-0.2, 0) is 9.53 Å². The van der Waals surface area contributed by atoms with Crippen molar-refractivity contribution in [1.29, 1.82) is 0 Å². The highest BCUT2D eigenvalue weighted by molar-refractivity contribution is 5.79. The summed E-state index contributed by atoms with van der Waals surface area (Å²) in [5.41, 5.74) is -1.25. The predicted octanol–water partition coefficient (Wildman–Crippen LogP) is 1.17. The van der Waals surface area contributed by atoms with E-state index in [9.17, 15) is 14.3 Å². The van der Waals surface area contributed by atoms with Gasteiger partial charge in [-0.05, 0) is 19.1 Å². The smallest absolute Gasteiger partial charge is 0.339 e. The van der Waals surface area contributed by atoms with E-state index in [-0.39, 0.29) is 12.3 Å². The lowest BCUT2D eigenvalue weighted by Crippen LogP contribution is -2.42.